The van der Waals surface area contributed by atoms with Crippen LogP contribution >= 0.6 is 0 Å². The number of fused-ring (bicyclic) bond motifs is 1. The van der Waals surface area contributed by atoms with E-state index >= 15 is 0 Å². The molecule has 7 nitrogen and oxygen atoms in total. The maximum absolute atomic E-state index is 13.0. The second-order valence-electron chi connectivity index (χ2n) is 7.06. The van der Waals surface area contributed by atoms with Gasteiger partial charge in [0.25, 0.3) is 5.91 Å². The first-order chi connectivity index (χ1) is 13.6. The van der Waals surface area contributed by atoms with Crippen molar-refractivity contribution in [2.24, 2.45) is 5.73 Å². The number of H-pyrrole nitrogens is 1. The topological polar surface area (TPSA) is 95.3 Å². The smallest absolute Gasteiger partial charge is 0.254 e. The Hall–Kier alpha value is -3.19. The summed E-state index contributed by atoms with van der Waals surface area (Å²) in [6.45, 7) is 2.00. The zero-order valence-corrected chi connectivity index (χ0v) is 15.5. The van der Waals surface area contributed by atoms with Crippen molar-refractivity contribution < 1.29 is 9.59 Å². The molecule has 3 aromatic rings. The van der Waals surface area contributed by atoms with E-state index in [0.29, 0.717) is 38.2 Å². The molecule has 0 radical (unpaired) electrons. The van der Waals surface area contributed by atoms with Gasteiger partial charge in [-0.2, -0.15) is 5.10 Å². The van der Waals surface area contributed by atoms with Crippen molar-refractivity contribution in [3.8, 4) is 0 Å². The van der Waals surface area contributed by atoms with Gasteiger partial charge in [-0.1, -0.05) is 36.4 Å². The molecule has 2 heterocycles. The van der Waals surface area contributed by atoms with Gasteiger partial charge in [-0.25, -0.2) is 0 Å². The number of carbonyl (C=O) groups excluding carboxylic acids is 2. The minimum Gasteiger partial charge on any atom is -0.338 e. The fourth-order valence-corrected chi connectivity index (χ4v) is 3.68. The Bertz CT molecular complexity index is 972. The van der Waals surface area contributed by atoms with Crippen LogP contribution < -0.4 is 5.73 Å². The molecule has 3 N–H and O–H groups in total. The molecule has 7 heteroatoms. The lowest BCUT2D eigenvalue weighted by molar-refractivity contribution is -0.134. The van der Waals surface area contributed by atoms with Crippen LogP contribution in [-0.2, 0) is 11.2 Å². The molecule has 0 bridgehead atoms. The lowest BCUT2D eigenvalue weighted by atomic mass is 10.0. The van der Waals surface area contributed by atoms with E-state index in [4.69, 9.17) is 5.73 Å². The maximum Gasteiger partial charge on any atom is 0.254 e. The van der Waals surface area contributed by atoms with Crippen molar-refractivity contribution in [2.75, 3.05) is 26.2 Å². The summed E-state index contributed by atoms with van der Waals surface area (Å²) in [5, 5.41) is 8.61. The highest BCUT2D eigenvalue weighted by Crippen LogP contribution is 2.20. The summed E-state index contributed by atoms with van der Waals surface area (Å²) in [6, 6.07) is 13.1. The highest BCUT2D eigenvalue weighted by atomic mass is 16.2. The van der Waals surface area contributed by atoms with Crippen molar-refractivity contribution in [1.82, 2.24) is 20.0 Å². The minimum absolute atomic E-state index is 0.00611. The van der Waals surface area contributed by atoms with Gasteiger partial charge in [0.2, 0.25) is 5.91 Å². The molecule has 28 heavy (non-hydrogen) atoms. The summed E-state index contributed by atoms with van der Waals surface area (Å²) in [4.78, 5) is 29.2. The van der Waals surface area contributed by atoms with E-state index in [-0.39, 0.29) is 11.8 Å². The van der Waals surface area contributed by atoms with Gasteiger partial charge in [-0.05, 0) is 28.8 Å². The average Bonchev–Trinajstić information content (AvgIpc) is 3.25. The van der Waals surface area contributed by atoms with Crippen molar-refractivity contribution in [3.63, 3.8) is 0 Å². The summed E-state index contributed by atoms with van der Waals surface area (Å²) in [5.74, 6) is -0.0787. The van der Waals surface area contributed by atoms with Crippen LogP contribution in [-0.4, -0.2) is 64.0 Å². The molecule has 144 valence electrons. The third kappa shape index (κ3) is 3.61. The molecule has 2 amide bonds. The highest BCUT2D eigenvalue weighted by molar-refractivity contribution is 6.07. The van der Waals surface area contributed by atoms with Crippen LogP contribution in [0.2, 0.25) is 0 Å². The van der Waals surface area contributed by atoms with E-state index in [9.17, 15) is 9.59 Å². The molecular weight excluding hydrogens is 354 g/mol. The molecule has 1 atom stereocenters. The molecule has 1 aliphatic rings. The maximum atomic E-state index is 13.0. The van der Waals surface area contributed by atoms with Gasteiger partial charge in [0, 0.05) is 37.9 Å². The SMILES string of the molecule is NC(Cc1cn[nH]c1)C(=O)N1CCN(C(=O)c2cccc3ccccc23)CC1. The molecule has 0 saturated carbocycles. The average molecular weight is 377 g/mol. The molecule has 0 spiro atoms. The normalized spacial score (nSPS) is 15.6. The Kier molecular flexibility index (Phi) is 5.08. The van der Waals surface area contributed by atoms with Crippen LogP contribution in [0.25, 0.3) is 10.8 Å². The van der Waals surface area contributed by atoms with Crippen molar-refractivity contribution >= 4 is 22.6 Å². The Balaban J connectivity index is 1.39. The van der Waals surface area contributed by atoms with Gasteiger partial charge < -0.3 is 15.5 Å². The third-order valence-corrected chi connectivity index (χ3v) is 5.23. The van der Waals surface area contributed by atoms with E-state index in [0.717, 1.165) is 16.3 Å². The first-order valence-electron chi connectivity index (χ1n) is 9.42. The standard InChI is InChI=1S/C21H23N5O2/c22-19(12-15-13-23-24-14-15)21(28)26-10-8-25(9-11-26)20(27)18-7-3-5-16-4-1-2-6-17(16)18/h1-7,13-14,19H,8-12,22H2,(H,23,24). The number of benzene rings is 2. The Morgan fingerprint density at radius 3 is 2.50 bits per heavy atom. The third-order valence-electron chi connectivity index (χ3n) is 5.23. The number of hydrogen-bond donors (Lipinski definition) is 2. The number of hydrogen-bond acceptors (Lipinski definition) is 4. The number of rotatable bonds is 4. The van der Waals surface area contributed by atoms with Crippen molar-refractivity contribution in [3.05, 3.63) is 66.0 Å². The van der Waals surface area contributed by atoms with E-state index in [1.54, 1.807) is 17.3 Å². The fraction of sp³-hybridized carbons (Fsp3) is 0.286. The van der Waals surface area contributed by atoms with E-state index < -0.39 is 6.04 Å². The molecule has 2 aromatic carbocycles. The van der Waals surface area contributed by atoms with Gasteiger partial charge in [-0.3, -0.25) is 14.7 Å². The van der Waals surface area contributed by atoms with Gasteiger partial charge in [-0.15, -0.1) is 0 Å². The summed E-state index contributed by atoms with van der Waals surface area (Å²) in [5.41, 5.74) is 7.68. The zero-order chi connectivity index (χ0) is 19.5. The van der Waals surface area contributed by atoms with E-state index in [2.05, 4.69) is 10.2 Å². The van der Waals surface area contributed by atoms with E-state index in [1.165, 1.54) is 0 Å². The number of amides is 2. The van der Waals surface area contributed by atoms with Crippen LogP contribution in [0.3, 0.4) is 0 Å². The van der Waals surface area contributed by atoms with Crippen LogP contribution in [0.15, 0.2) is 54.9 Å². The monoisotopic (exact) mass is 377 g/mol. The lowest BCUT2D eigenvalue weighted by Gasteiger charge is -2.36. The first-order valence-corrected chi connectivity index (χ1v) is 9.42. The van der Waals surface area contributed by atoms with Crippen molar-refractivity contribution in [1.29, 1.82) is 0 Å². The summed E-state index contributed by atoms with van der Waals surface area (Å²) in [7, 11) is 0. The van der Waals surface area contributed by atoms with Gasteiger partial charge in [0.1, 0.15) is 0 Å². The Morgan fingerprint density at radius 1 is 1.04 bits per heavy atom. The Labute approximate surface area is 163 Å². The largest absolute Gasteiger partial charge is 0.338 e. The lowest BCUT2D eigenvalue weighted by Crippen LogP contribution is -2.54. The molecule has 1 aliphatic heterocycles. The van der Waals surface area contributed by atoms with Gasteiger partial charge in [0.15, 0.2) is 0 Å². The zero-order valence-electron chi connectivity index (χ0n) is 15.5. The minimum atomic E-state index is -0.599. The van der Waals surface area contributed by atoms with Crippen LogP contribution in [0, 0.1) is 0 Å². The predicted octanol–water partition coefficient (Wildman–Crippen LogP) is 1.42. The van der Waals surface area contributed by atoms with E-state index in [1.807, 2.05) is 47.4 Å². The molecule has 1 aromatic heterocycles. The number of nitrogens with two attached hydrogens (primary N) is 1. The summed E-state index contributed by atoms with van der Waals surface area (Å²) in [6.07, 6.45) is 3.87. The molecule has 1 unspecified atom stereocenters. The number of nitrogens with one attached hydrogen (secondary N) is 1. The fourth-order valence-electron chi connectivity index (χ4n) is 3.68. The van der Waals surface area contributed by atoms with Crippen LogP contribution in [0.5, 0.6) is 0 Å². The quantitative estimate of drug-likeness (QED) is 0.719. The van der Waals surface area contributed by atoms with Crippen LogP contribution in [0.1, 0.15) is 15.9 Å². The van der Waals surface area contributed by atoms with Gasteiger partial charge >= 0.3 is 0 Å². The molecule has 1 saturated heterocycles. The molecule has 0 aliphatic carbocycles. The number of piperazine rings is 1. The highest BCUT2D eigenvalue weighted by Gasteiger charge is 2.28. The molecule has 4 rings (SSSR count). The predicted molar refractivity (Wildman–Crippen MR) is 107 cm³/mol. The molecular formula is C21H23N5O2. The first kappa shape index (κ1) is 18.2. The summed E-state index contributed by atoms with van der Waals surface area (Å²) >= 11 is 0. The number of aromatic amines is 1. The molecule has 1 fully saturated rings. The second-order valence-corrected chi connectivity index (χ2v) is 7.06. The number of carbonyl (C=O) groups is 2. The van der Waals surface area contributed by atoms with Gasteiger partial charge in [0.05, 0.1) is 12.2 Å². The van der Waals surface area contributed by atoms with Crippen LogP contribution in [0.4, 0.5) is 0 Å². The number of nitrogens with zero attached hydrogens (tertiary/aromatic N) is 3. The summed E-state index contributed by atoms with van der Waals surface area (Å²) < 4.78 is 0. The Morgan fingerprint density at radius 2 is 1.75 bits per heavy atom. The number of aromatic nitrogens is 2. The van der Waals surface area contributed by atoms with Crippen molar-refractivity contribution in [2.45, 2.75) is 12.5 Å². The second kappa shape index (κ2) is 7.82.